The fourth-order valence-corrected chi connectivity index (χ4v) is 4.71. The highest BCUT2D eigenvalue weighted by molar-refractivity contribution is 7.90. The van der Waals surface area contributed by atoms with Gasteiger partial charge in [-0.05, 0) is 36.5 Å². The molecule has 0 unspecified atom stereocenters. The lowest BCUT2D eigenvalue weighted by Gasteiger charge is -2.13. The zero-order valence-electron chi connectivity index (χ0n) is 16.6. The number of hydrogen-bond acceptors (Lipinski definition) is 7. The first kappa shape index (κ1) is 22.9. The number of anilines is 1. The highest BCUT2D eigenvalue weighted by atomic mass is 35.5. The molecule has 1 fully saturated rings. The van der Waals surface area contributed by atoms with E-state index in [0.29, 0.717) is 11.1 Å². The van der Waals surface area contributed by atoms with Crippen LogP contribution in [-0.4, -0.2) is 41.7 Å². The summed E-state index contributed by atoms with van der Waals surface area (Å²) < 4.78 is 23.7. The fourth-order valence-electron chi connectivity index (χ4n) is 3.38. The van der Waals surface area contributed by atoms with Gasteiger partial charge in [0.1, 0.15) is 5.69 Å². The summed E-state index contributed by atoms with van der Waals surface area (Å²) in [6.07, 6.45) is 9.29. The minimum atomic E-state index is -3.50. The van der Waals surface area contributed by atoms with Crippen LogP contribution in [-0.2, 0) is 14.6 Å². The summed E-state index contributed by atoms with van der Waals surface area (Å²) >= 11 is 6.18. The van der Waals surface area contributed by atoms with Gasteiger partial charge in [-0.1, -0.05) is 36.6 Å². The van der Waals surface area contributed by atoms with Crippen LogP contribution < -0.4 is 10.8 Å². The minimum Gasteiger partial charge on any atom is -0.305 e. The molecule has 31 heavy (non-hydrogen) atoms. The second kappa shape index (κ2) is 9.54. The highest BCUT2D eigenvalue weighted by Gasteiger charge is 2.21. The first-order valence-electron chi connectivity index (χ1n) is 9.48. The SMILES string of the molecule is CS(=O)(=O)c1ccc(/C(=C\C2CCCC2)C(=O)Nc2cnc(C(=O)NO)cn2)cc1Cl. The summed E-state index contributed by atoms with van der Waals surface area (Å²) in [7, 11) is -3.50. The lowest BCUT2D eigenvalue weighted by molar-refractivity contribution is -0.111. The predicted molar refractivity (Wildman–Crippen MR) is 114 cm³/mol. The zero-order chi connectivity index (χ0) is 22.6. The van der Waals surface area contributed by atoms with Crippen LogP contribution in [0.4, 0.5) is 5.82 Å². The van der Waals surface area contributed by atoms with Crippen LogP contribution in [0.2, 0.25) is 5.02 Å². The molecule has 1 saturated carbocycles. The molecule has 2 aromatic rings. The molecule has 3 N–H and O–H groups in total. The maximum absolute atomic E-state index is 13.0. The number of aromatic nitrogens is 2. The average Bonchev–Trinajstić information content (AvgIpc) is 3.24. The Bertz CT molecular complexity index is 1130. The lowest BCUT2D eigenvalue weighted by Crippen LogP contribution is -2.21. The quantitative estimate of drug-likeness (QED) is 0.339. The number of amides is 2. The Morgan fingerprint density at radius 1 is 1.19 bits per heavy atom. The van der Waals surface area contributed by atoms with E-state index >= 15 is 0 Å². The molecule has 2 amide bonds. The summed E-state index contributed by atoms with van der Waals surface area (Å²) in [5.41, 5.74) is 2.15. The van der Waals surface area contributed by atoms with Crippen LogP contribution in [0.15, 0.2) is 41.6 Å². The number of rotatable bonds is 6. The molecule has 1 aliphatic carbocycles. The molecule has 0 saturated heterocycles. The van der Waals surface area contributed by atoms with Crippen molar-refractivity contribution in [1.29, 1.82) is 0 Å². The predicted octanol–water partition coefficient (Wildman–Crippen LogP) is 2.86. The van der Waals surface area contributed by atoms with E-state index < -0.39 is 21.7 Å². The van der Waals surface area contributed by atoms with Gasteiger partial charge in [-0.25, -0.2) is 23.9 Å². The van der Waals surface area contributed by atoms with Crippen molar-refractivity contribution >= 4 is 44.6 Å². The molecule has 1 aliphatic rings. The van der Waals surface area contributed by atoms with Gasteiger partial charge in [0.25, 0.3) is 11.8 Å². The second-order valence-electron chi connectivity index (χ2n) is 7.22. The second-order valence-corrected chi connectivity index (χ2v) is 9.62. The maximum Gasteiger partial charge on any atom is 0.294 e. The molecule has 1 aromatic heterocycles. The molecule has 3 rings (SSSR count). The van der Waals surface area contributed by atoms with Gasteiger partial charge in [0.15, 0.2) is 15.7 Å². The van der Waals surface area contributed by atoms with Crippen molar-refractivity contribution in [2.45, 2.75) is 30.6 Å². The van der Waals surface area contributed by atoms with Crippen LogP contribution in [0.1, 0.15) is 41.7 Å². The van der Waals surface area contributed by atoms with E-state index in [2.05, 4.69) is 15.3 Å². The van der Waals surface area contributed by atoms with Gasteiger partial charge in [0, 0.05) is 11.8 Å². The largest absolute Gasteiger partial charge is 0.305 e. The number of carbonyl (C=O) groups is 2. The number of nitrogens with one attached hydrogen (secondary N) is 2. The van der Waals surface area contributed by atoms with E-state index in [1.54, 1.807) is 6.07 Å². The van der Waals surface area contributed by atoms with Crippen LogP contribution in [0.3, 0.4) is 0 Å². The Labute approximate surface area is 184 Å². The number of hydroxylamine groups is 1. The monoisotopic (exact) mass is 464 g/mol. The van der Waals surface area contributed by atoms with Gasteiger partial charge in [-0.2, -0.15) is 0 Å². The van der Waals surface area contributed by atoms with Gasteiger partial charge in [0.05, 0.1) is 22.3 Å². The van der Waals surface area contributed by atoms with E-state index in [4.69, 9.17) is 16.8 Å². The molecule has 9 nitrogen and oxygen atoms in total. The molecule has 0 aliphatic heterocycles. The Morgan fingerprint density at radius 3 is 2.45 bits per heavy atom. The van der Waals surface area contributed by atoms with E-state index in [9.17, 15) is 18.0 Å². The molecular formula is C20H21ClN4O5S. The topological polar surface area (TPSA) is 138 Å². The number of allylic oxidation sites excluding steroid dienone is 1. The third kappa shape index (κ3) is 5.66. The Balaban J connectivity index is 1.91. The lowest BCUT2D eigenvalue weighted by atomic mass is 9.98. The van der Waals surface area contributed by atoms with Crippen molar-refractivity contribution in [3.63, 3.8) is 0 Å². The van der Waals surface area contributed by atoms with Gasteiger partial charge >= 0.3 is 0 Å². The fraction of sp³-hybridized carbons (Fsp3) is 0.300. The summed E-state index contributed by atoms with van der Waals surface area (Å²) in [6, 6.07) is 4.38. The number of carbonyl (C=O) groups excluding carboxylic acids is 2. The van der Waals surface area contributed by atoms with E-state index in [1.807, 2.05) is 6.08 Å². The van der Waals surface area contributed by atoms with Crippen molar-refractivity contribution < 1.29 is 23.2 Å². The molecule has 0 bridgehead atoms. The highest BCUT2D eigenvalue weighted by Crippen LogP contribution is 2.32. The first-order chi connectivity index (χ1) is 14.7. The summed E-state index contributed by atoms with van der Waals surface area (Å²) in [4.78, 5) is 32.2. The van der Waals surface area contributed by atoms with Crippen molar-refractivity contribution in [1.82, 2.24) is 15.4 Å². The van der Waals surface area contributed by atoms with Crippen molar-refractivity contribution in [3.8, 4) is 0 Å². The van der Waals surface area contributed by atoms with E-state index in [-0.39, 0.29) is 27.3 Å². The molecule has 0 spiro atoms. The number of halogens is 1. The minimum absolute atomic E-state index is 0.0119. The standard InChI is InChI=1S/C20H21ClN4O5S/c1-31(29,30)17-7-6-13(9-15(17)21)14(8-12-4-2-3-5-12)19(26)24-18-11-22-16(10-23-18)20(27)25-28/h6-12,28H,2-5H2,1H3,(H,25,27)(H,23,24,26)/b14-8+. The van der Waals surface area contributed by atoms with Gasteiger partial charge in [0.2, 0.25) is 0 Å². The average molecular weight is 465 g/mol. The molecule has 1 heterocycles. The maximum atomic E-state index is 13.0. The van der Waals surface area contributed by atoms with Crippen LogP contribution >= 0.6 is 11.6 Å². The Kier molecular flexibility index (Phi) is 7.04. The number of nitrogens with zero attached hydrogens (tertiary/aromatic N) is 2. The van der Waals surface area contributed by atoms with Crippen LogP contribution in [0, 0.1) is 5.92 Å². The third-order valence-corrected chi connectivity index (χ3v) is 6.50. The number of hydrogen-bond donors (Lipinski definition) is 3. The smallest absolute Gasteiger partial charge is 0.294 e. The summed E-state index contributed by atoms with van der Waals surface area (Å²) in [6.45, 7) is 0. The Hall–Kier alpha value is -2.82. The third-order valence-electron chi connectivity index (χ3n) is 4.92. The van der Waals surface area contributed by atoms with Crippen molar-refractivity contribution in [2.24, 2.45) is 5.92 Å². The molecule has 164 valence electrons. The zero-order valence-corrected chi connectivity index (χ0v) is 18.2. The van der Waals surface area contributed by atoms with E-state index in [0.717, 1.165) is 38.1 Å². The summed E-state index contributed by atoms with van der Waals surface area (Å²) in [5, 5.41) is 11.3. The van der Waals surface area contributed by atoms with Gasteiger partial charge in [-0.3, -0.25) is 14.8 Å². The normalized spacial score (nSPS) is 15.0. The molecule has 11 heteroatoms. The molecule has 1 aromatic carbocycles. The molecular weight excluding hydrogens is 444 g/mol. The van der Waals surface area contributed by atoms with Gasteiger partial charge < -0.3 is 5.32 Å². The molecule has 0 radical (unpaired) electrons. The number of sulfone groups is 1. The Morgan fingerprint density at radius 2 is 1.90 bits per heavy atom. The van der Waals surface area contributed by atoms with Crippen LogP contribution in [0.25, 0.3) is 5.57 Å². The first-order valence-corrected chi connectivity index (χ1v) is 11.8. The summed E-state index contributed by atoms with van der Waals surface area (Å²) in [5.74, 6) is -0.969. The number of benzene rings is 1. The molecule has 0 atom stereocenters. The van der Waals surface area contributed by atoms with Crippen LogP contribution in [0.5, 0.6) is 0 Å². The van der Waals surface area contributed by atoms with Crippen molar-refractivity contribution in [2.75, 3.05) is 11.6 Å². The van der Waals surface area contributed by atoms with Gasteiger partial charge in [-0.15, -0.1) is 0 Å². The van der Waals surface area contributed by atoms with Crippen molar-refractivity contribution in [3.05, 3.63) is 52.9 Å². The van der Waals surface area contributed by atoms with E-state index in [1.165, 1.54) is 23.8 Å².